The SMILES string of the molecule is CS(=O)(=O)Nc1ccccc1N1CCN(C(=O)C(Cc2ccc(Cl)cc2)NC(=O)c2cccc(Cl)c2)CC1. The number of nitrogens with one attached hydrogen (secondary N) is 2. The topological polar surface area (TPSA) is 98.8 Å². The van der Waals surface area contributed by atoms with E-state index in [9.17, 15) is 18.0 Å². The van der Waals surface area contributed by atoms with Gasteiger partial charge in [-0.2, -0.15) is 0 Å². The molecule has 3 aromatic rings. The van der Waals surface area contributed by atoms with Gasteiger partial charge in [0.15, 0.2) is 0 Å². The number of nitrogens with zero attached hydrogens (tertiary/aromatic N) is 2. The van der Waals surface area contributed by atoms with Crippen molar-refractivity contribution in [2.24, 2.45) is 0 Å². The van der Waals surface area contributed by atoms with Crippen LogP contribution in [0.15, 0.2) is 72.8 Å². The van der Waals surface area contributed by atoms with Crippen molar-refractivity contribution >= 4 is 56.4 Å². The van der Waals surface area contributed by atoms with Crippen molar-refractivity contribution in [3.05, 3.63) is 94.0 Å². The highest BCUT2D eigenvalue weighted by Gasteiger charge is 2.30. The van der Waals surface area contributed by atoms with Gasteiger partial charge >= 0.3 is 0 Å². The molecule has 8 nitrogen and oxygen atoms in total. The van der Waals surface area contributed by atoms with E-state index in [0.29, 0.717) is 53.9 Å². The molecule has 1 unspecified atom stereocenters. The lowest BCUT2D eigenvalue weighted by molar-refractivity contribution is -0.133. The Morgan fingerprint density at radius 1 is 0.895 bits per heavy atom. The Morgan fingerprint density at radius 2 is 1.58 bits per heavy atom. The molecular formula is C27H28Cl2N4O4S. The van der Waals surface area contributed by atoms with Gasteiger partial charge in [0.2, 0.25) is 15.9 Å². The average Bonchev–Trinajstić information content (AvgIpc) is 2.88. The van der Waals surface area contributed by atoms with Crippen LogP contribution in [0.2, 0.25) is 10.0 Å². The molecule has 0 aliphatic carbocycles. The molecule has 38 heavy (non-hydrogen) atoms. The Kier molecular flexibility index (Phi) is 8.81. The zero-order chi connectivity index (χ0) is 27.3. The smallest absolute Gasteiger partial charge is 0.251 e. The normalized spacial score (nSPS) is 14.6. The maximum Gasteiger partial charge on any atom is 0.251 e. The van der Waals surface area contributed by atoms with Gasteiger partial charge in [-0.1, -0.05) is 53.5 Å². The lowest BCUT2D eigenvalue weighted by Gasteiger charge is -2.38. The number of carbonyl (C=O) groups is 2. The summed E-state index contributed by atoms with van der Waals surface area (Å²) in [5.74, 6) is -0.586. The van der Waals surface area contributed by atoms with Gasteiger partial charge in [0.05, 0.1) is 17.6 Å². The van der Waals surface area contributed by atoms with Crippen molar-refractivity contribution in [3.63, 3.8) is 0 Å². The first-order valence-electron chi connectivity index (χ1n) is 12.0. The highest BCUT2D eigenvalue weighted by atomic mass is 35.5. The highest BCUT2D eigenvalue weighted by molar-refractivity contribution is 7.92. The molecule has 0 bridgehead atoms. The summed E-state index contributed by atoms with van der Waals surface area (Å²) in [6.07, 6.45) is 1.41. The van der Waals surface area contributed by atoms with E-state index in [1.807, 2.05) is 29.2 Å². The number of amides is 2. The molecule has 11 heteroatoms. The lowest BCUT2D eigenvalue weighted by atomic mass is 10.0. The first-order valence-corrected chi connectivity index (χ1v) is 14.7. The number of sulfonamides is 1. The predicted octanol–water partition coefficient (Wildman–Crippen LogP) is 4.05. The molecule has 1 heterocycles. The second-order valence-electron chi connectivity index (χ2n) is 9.07. The molecule has 2 N–H and O–H groups in total. The Bertz CT molecular complexity index is 1410. The number of halogens is 2. The number of hydrogen-bond donors (Lipinski definition) is 2. The fourth-order valence-corrected chi connectivity index (χ4v) is 5.24. The largest absolute Gasteiger partial charge is 0.366 e. The van der Waals surface area contributed by atoms with E-state index < -0.39 is 16.1 Å². The van der Waals surface area contributed by atoms with Crippen LogP contribution in [-0.2, 0) is 21.2 Å². The van der Waals surface area contributed by atoms with Crippen molar-refractivity contribution < 1.29 is 18.0 Å². The maximum absolute atomic E-state index is 13.6. The molecule has 1 atom stereocenters. The molecule has 0 aromatic heterocycles. The van der Waals surface area contributed by atoms with Gasteiger partial charge in [0.1, 0.15) is 6.04 Å². The Hall–Kier alpha value is -3.27. The molecule has 2 amide bonds. The van der Waals surface area contributed by atoms with Crippen molar-refractivity contribution in [1.82, 2.24) is 10.2 Å². The molecular weight excluding hydrogens is 547 g/mol. The van der Waals surface area contributed by atoms with Crippen LogP contribution in [0.25, 0.3) is 0 Å². The third-order valence-electron chi connectivity index (χ3n) is 6.17. The molecule has 1 fully saturated rings. The van der Waals surface area contributed by atoms with Crippen LogP contribution in [0.3, 0.4) is 0 Å². The molecule has 1 aliphatic heterocycles. The summed E-state index contributed by atoms with van der Waals surface area (Å²) >= 11 is 12.1. The van der Waals surface area contributed by atoms with E-state index in [2.05, 4.69) is 10.0 Å². The van der Waals surface area contributed by atoms with E-state index in [1.165, 1.54) is 0 Å². The summed E-state index contributed by atoms with van der Waals surface area (Å²) in [6.45, 7) is 1.83. The number of piperazine rings is 1. The Balaban J connectivity index is 1.49. The van der Waals surface area contributed by atoms with E-state index in [4.69, 9.17) is 23.2 Å². The van der Waals surface area contributed by atoms with Crippen LogP contribution in [0.5, 0.6) is 0 Å². The minimum atomic E-state index is -3.44. The van der Waals surface area contributed by atoms with Gasteiger partial charge in [-0.3, -0.25) is 14.3 Å². The summed E-state index contributed by atoms with van der Waals surface area (Å²) in [5, 5.41) is 3.90. The van der Waals surface area contributed by atoms with Gasteiger partial charge in [0.25, 0.3) is 5.91 Å². The summed E-state index contributed by atoms with van der Waals surface area (Å²) in [4.78, 5) is 30.4. The minimum Gasteiger partial charge on any atom is -0.366 e. The standard InChI is InChI=1S/C27H28Cl2N4O4S/c1-38(36,37)31-23-7-2-3-8-25(23)32-13-15-33(16-14-32)27(35)24(17-19-9-11-21(28)12-10-19)30-26(34)20-5-4-6-22(29)18-20/h2-12,18,24,31H,13-17H2,1H3,(H,30,34). The van der Waals surface area contributed by atoms with Crippen LogP contribution in [0.4, 0.5) is 11.4 Å². The summed E-state index contributed by atoms with van der Waals surface area (Å²) in [6, 6.07) is 20.1. The second-order valence-corrected chi connectivity index (χ2v) is 11.7. The third kappa shape index (κ3) is 7.40. The zero-order valence-corrected chi connectivity index (χ0v) is 23.1. The maximum atomic E-state index is 13.6. The number of anilines is 2. The van der Waals surface area contributed by atoms with E-state index in [1.54, 1.807) is 53.4 Å². The molecule has 1 aliphatic rings. The van der Waals surface area contributed by atoms with Gasteiger partial charge in [-0.15, -0.1) is 0 Å². The van der Waals surface area contributed by atoms with Crippen LogP contribution < -0.4 is 14.9 Å². The second kappa shape index (κ2) is 12.1. The molecule has 3 aromatic carbocycles. The average molecular weight is 576 g/mol. The van der Waals surface area contributed by atoms with Crippen molar-refractivity contribution in [1.29, 1.82) is 0 Å². The quantitative estimate of drug-likeness (QED) is 0.423. The van der Waals surface area contributed by atoms with Crippen LogP contribution in [-0.4, -0.2) is 63.6 Å². The third-order valence-corrected chi connectivity index (χ3v) is 7.25. The number of hydrogen-bond acceptors (Lipinski definition) is 5. The molecule has 1 saturated heterocycles. The van der Waals surface area contributed by atoms with Gasteiger partial charge in [-0.05, 0) is 48.0 Å². The summed E-state index contributed by atoms with van der Waals surface area (Å²) in [5.41, 5.74) is 2.46. The predicted molar refractivity (Wildman–Crippen MR) is 152 cm³/mol. The number of benzene rings is 3. The molecule has 4 rings (SSSR count). The summed E-state index contributed by atoms with van der Waals surface area (Å²) < 4.78 is 26.2. The Labute approximate surface area is 232 Å². The number of carbonyl (C=O) groups excluding carboxylic acids is 2. The fourth-order valence-electron chi connectivity index (χ4n) is 4.35. The fraction of sp³-hybridized carbons (Fsp3) is 0.259. The molecule has 0 radical (unpaired) electrons. The number of para-hydroxylation sites is 2. The minimum absolute atomic E-state index is 0.197. The monoisotopic (exact) mass is 574 g/mol. The van der Waals surface area contributed by atoms with Crippen molar-refractivity contribution in [3.8, 4) is 0 Å². The van der Waals surface area contributed by atoms with E-state index >= 15 is 0 Å². The van der Waals surface area contributed by atoms with Crippen molar-refractivity contribution in [2.45, 2.75) is 12.5 Å². The van der Waals surface area contributed by atoms with E-state index in [-0.39, 0.29) is 11.8 Å². The summed E-state index contributed by atoms with van der Waals surface area (Å²) in [7, 11) is -3.44. The van der Waals surface area contributed by atoms with Crippen molar-refractivity contribution in [2.75, 3.05) is 42.1 Å². The Morgan fingerprint density at radius 3 is 2.24 bits per heavy atom. The first kappa shape index (κ1) is 27.8. The lowest BCUT2D eigenvalue weighted by Crippen LogP contribution is -2.55. The van der Waals surface area contributed by atoms with Crippen LogP contribution >= 0.6 is 23.2 Å². The van der Waals surface area contributed by atoms with Gasteiger partial charge < -0.3 is 15.1 Å². The zero-order valence-electron chi connectivity index (χ0n) is 20.7. The molecule has 0 spiro atoms. The highest BCUT2D eigenvalue weighted by Crippen LogP contribution is 2.27. The van der Waals surface area contributed by atoms with E-state index in [0.717, 1.165) is 17.5 Å². The van der Waals surface area contributed by atoms with Gasteiger partial charge in [0, 0.05) is 48.2 Å². The van der Waals surface area contributed by atoms with Crippen LogP contribution in [0.1, 0.15) is 15.9 Å². The van der Waals surface area contributed by atoms with Crippen LogP contribution in [0, 0.1) is 0 Å². The number of rotatable bonds is 8. The molecule has 200 valence electrons. The first-order chi connectivity index (χ1) is 18.1. The van der Waals surface area contributed by atoms with Gasteiger partial charge in [-0.25, -0.2) is 8.42 Å². The molecule has 0 saturated carbocycles.